The van der Waals surface area contributed by atoms with Crippen LogP contribution in [0.4, 0.5) is 0 Å². The number of amides is 1. The Bertz CT molecular complexity index is 1080. The van der Waals surface area contributed by atoms with Gasteiger partial charge in [0.25, 0.3) is 5.91 Å². The second-order valence-corrected chi connectivity index (χ2v) is 7.78. The highest BCUT2D eigenvalue weighted by Gasteiger charge is 2.35. The number of aromatic nitrogens is 1. The van der Waals surface area contributed by atoms with Crippen LogP contribution in [-0.2, 0) is 0 Å². The van der Waals surface area contributed by atoms with Crippen LogP contribution in [0.5, 0.6) is 0 Å². The Morgan fingerprint density at radius 3 is 2.23 bits per heavy atom. The molecule has 6 heteroatoms. The van der Waals surface area contributed by atoms with Crippen LogP contribution in [0.25, 0.3) is 5.69 Å². The fourth-order valence-corrected chi connectivity index (χ4v) is 4.24. The molecule has 1 fully saturated rings. The third-order valence-corrected chi connectivity index (χ3v) is 5.79. The molecule has 2 heterocycles. The summed E-state index contributed by atoms with van der Waals surface area (Å²) in [5, 5.41) is 20.2. The Balaban J connectivity index is 1.67. The van der Waals surface area contributed by atoms with Crippen molar-refractivity contribution in [3.8, 4) is 5.69 Å². The standard InChI is InChI=1S/C24H24N2O4/c1-15-8-9-16(2)26(15)21-12-18(10-11-19(21)24(29)30)23(28)25-13-20(22(27)14-25)17-6-4-3-5-7-17/h3-12,20,22,27H,13-14H2,1-2H3,(H,29,30)/t20-,22+/m1/s1. The van der Waals surface area contributed by atoms with Gasteiger partial charge in [-0.15, -0.1) is 0 Å². The topological polar surface area (TPSA) is 82.8 Å². The molecule has 30 heavy (non-hydrogen) atoms. The highest BCUT2D eigenvalue weighted by atomic mass is 16.4. The van der Waals surface area contributed by atoms with Crippen LogP contribution in [0.15, 0.2) is 60.7 Å². The molecule has 0 radical (unpaired) electrons. The van der Waals surface area contributed by atoms with E-state index in [1.54, 1.807) is 17.0 Å². The number of carboxylic acids is 1. The van der Waals surface area contributed by atoms with Crippen LogP contribution >= 0.6 is 0 Å². The number of carboxylic acid groups (broad SMARTS) is 1. The van der Waals surface area contributed by atoms with Crippen LogP contribution in [0, 0.1) is 13.8 Å². The fraction of sp³-hybridized carbons (Fsp3) is 0.250. The van der Waals surface area contributed by atoms with Gasteiger partial charge in [0.2, 0.25) is 0 Å². The summed E-state index contributed by atoms with van der Waals surface area (Å²) in [5.74, 6) is -1.40. The van der Waals surface area contributed by atoms with Crippen LogP contribution in [0.2, 0.25) is 0 Å². The third-order valence-electron chi connectivity index (χ3n) is 5.79. The second-order valence-electron chi connectivity index (χ2n) is 7.78. The summed E-state index contributed by atoms with van der Waals surface area (Å²) in [6.07, 6.45) is -0.636. The minimum atomic E-state index is -1.04. The van der Waals surface area contributed by atoms with Gasteiger partial charge in [-0.3, -0.25) is 4.79 Å². The summed E-state index contributed by atoms with van der Waals surface area (Å²) >= 11 is 0. The lowest BCUT2D eigenvalue weighted by atomic mass is 9.96. The lowest BCUT2D eigenvalue weighted by molar-refractivity contribution is 0.0694. The van der Waals surface area contributed by atoms with Gasteiger partial charge in [0.1, 0.15) is 0 Å². The zero-order chi connectivity index (χ0) is 21.4. The van der Waals surface area contributed by atoms with E-state index in [4.69, 9.17) is 0 Å². The average Bonchev–Trinajstić information content (AvgIpc) is 3.29. The van der Waals surface area contributed by atoms with Crippen LogP contribution < -0.4 is 0 Å². The molecule has 0 spiro atoms. The van der Waals surface area contributed by atoms with E-state index in [1.165, 1.54) is 6.07 Å². The highest BCUT2D eigenvalue weighted by molar-refractivity contribution is 5.98. The number of benzene rings is 2. The number of carbonyl (C=O) groups excluding carboxylic acids is 1. The van der Waals surface area contributed by atoms with Crippen molar-refractivity contribution in [1.82, 2.24) is 9.47 Å². The number of aryl methyl sites for hydroxylation is 2. The van der Waals surface area contributed by atoms with Crippen LogP contribution in [0.3, 0.4) is 0 Å². The summed E-state index contributed by atoms with van der Waals surface area (Å²) in [6, 6.07) is 18.2. The smallest absolute Gasteiger partial charge is 0.337 e. The molecule has 154 valence electrons. The second kappa shape index (κ2) is 7.80. The van der Waals surface area contributed by atoms with Gasteiger partial charge in [-0.2, -0.15) is 0 Å². The first-order valence-corrected chi connectivity index (χ1v) is 9.91. The number of β-amino-alcohol motifs (C(OH)–C–C–N with tert-alkyl or cyclic N) is 1. The summed E-state index contributed by atoms with van der Waals surface area (Å²) in [4.78, 5) is 26.6. The average molecular weight is 404 g/mol. The van der Waals surface area contributed by atoms with Gasteiger partial charge in [0, 0.05) is 36.0 Å². The predicted molar refractivity (Wildman–Crippen MR) is 113 cm³/mol. The highest BCUT2D eigenvalue weighted by Crippen LogP contribution is 2.29. The van der Waals surface area contributed by atoms with Crippen molar-refractivity contribution >= 4 is 11.9 Å². The van der Waals surface area contributed by atoms with Gasteiger partial charge in [0.15, 0.2) is 0 Å². The van der Waals surface area contributed by atoms with E-state index in [0.717, 1.165) is 17.0 Å². The van der Waals surface area contributed by atoms with E-state index in [2.05, 4.69) is 0 Å². The van der Waals surface area contributed by atoms with Gasteiger partial charge in [0.05, 0.1) is 17.4 Å². The van der Waals surface area contributed by atoms with Crippen LogP contribution in [-0.4, -0.2) is 50.8 Å². The Kier molecular flexibility index (Phi) is 5.18. The minimum absolute atomic E-state index is 0.137. The Morgan fingerprint density at radius 2 is 1.60 bits per heavy atom. The molecule has 2 N–H and O–H groups in total. The van der Waals surface area contributed by atoms with Crippen molar-refractivity contribution < 1.29 is 19.8 Å². The first-order chi connectivity index (χ1) is 14.4. The first kappa shape index (κ1) is 19.9. The van der Waals surface area contributed by atoms with Crippen molar-refractivity contribution in [3.63, 3.8) is 0 Å². The molecule has 6 nitrogen and oxygen atoms in total. The number of aromatic carboxylic acids is 1. The molecule has 1 aliphatic rings. The molecule has 4 rings (SSSR count). The Labute approximate surface area is 175 Å². The molecule has 0 bridgehead atoms. The maximum Gasteiger partial charge on any atom is 0.337 e. The zero-order valence-electron chi connectivity index (χ0n) is 16.9. The van der Waals surface area contributed by atoms with E-state index in [1.807, 2.05) is 60.9 Å². The molecular weight excluding hydrogens is 380 g/mol. The number of nitrogens with zero attached hydrogens (tertiary/aromatic N) is 2. The minimum Gasteiger partial charge on any atom is -0.478 e. The molecule has 2 atom stereocenters. The molecule has 1 saturated heterocycles. The number of likely N-dealkylation sites (tertiary alicyclic amines) is 1. The van der Waals surface area contributed by atoms with Crippen molar-refractivity contribution in [1.29, 1.82) is 0 Å². The first-order valence-electron chi connectivity index (χ1n) is 9.91. The number of hydrogen-bond donors (Lipinski definition) is 2. The predicted octanol–water partition coefficient (Wildman–Crippen LogP) is 3.39. The van der Waals surface area contributed by atoms with E-state index in [9.17, 15) is 19.8 Å². The number of aliphatic hydroxyl groups excluding tert-OH is 1. The number of hydrogen-bond acceptors (Lipinski definition) is 3. The zero-order valence-corrected chi connectivity index (χ0v) is 16.9. The monoisotopic (exact) mass is 404 g/mol. The lowest BCUT2D eigenvalue weighted by Gasteiger charge is -2.19. The van der Waals surface area contributed by atoms with Crippen molar-refractivity contribution in [2.45, 2.75) is 25.9 Å². The third kappa shape index (κ3) is 3.50. The molecule has 0 aliphatic carbocycles. The van der Waals surface area contributed by atoms with E-state index in [-0.39, 0.29) is 23.9 Å². The maximum absolute atomic E-state index is 13.2. The molecule has 2 aromatic carbocycles. The number of carbonyl (C=O) groups is 2. The van der Waals surface area contributed by atoms with Crippen molar-refractivity contribution in [2.24, 2.45) is 0 Å². The molecule has 0 saturated carbocycles. The van der Waals surface area contributed by atoms with Gasteiger partial charge in [-0.1, -0.05) is 30.3 Å². The van der Waals surface area contributed by atoms with E-state index >= 15 is 0 Å². The molecule has 1 aliphatic heterocycles. The number of aliphatic hydroxyl groups is 1. The number of rotatable bonds is 4. The fourth-order valence-electron chi connectivity index (χ4n) is 4.24. The van der Waals surface area contributed by atoms with E-state index in [0.29, 0.717) is 17.8 Å². The lowest BCUT2D eigenvalue weighted by Crippen LogP contribution is -2.29. The molecular formula is C24H24N2O4. The van der Waals surface area contributed by atoms with Gasteiger partial charge >= 0.3 is 5.97 Å². The molecule has 3 aromatic rings. The van der Waals surface area contributed by atoms with E-state index < -0.39 is 12.1 Å². The SMILES string of the molecule is Cc1ccc(C)n1-c1cc(C(=O)N2C[C@H](c3ccccc3)[C@@H](O)C2)ccc1C(=O)O. The van der Waals surface area contributed by atoms with Crippen molar-refractivity contribution in [2.75, 3.05) is 13.1 Å². The van der Waals surface area contributed by atoms with Crippen molar-refractivity contribution in [3.05, 3.63) is 88.7 Å². The van der Waals surface area contributed by atoms with Gasteiger partial charge in [-0.25, -0.2) is 4.79 Å². The normalized spacial score (nSPS) is 18.6. The summed E-state index contributed by atoms with van der Waals surface area (Å²) in [5.41, 5.74) is 3.79. The Hall–Kier alpha value is -3.38. The maximum atomic E-state index is 13.2. The largest absolute Gasteiger partial charge is 0.478 e. The molecule has 1 aromatic heterocycles. The molecule has 1 amide bonds. The summed E-state index contributed by atoms with van der Waals surface area (Å²) in [6.45, 7) is 4.46. The molecule has 0 unspecified atom stereocenters. The summed E-state index contributed by atoms with van der Waals surface area (Å²) in [7, 11) is 0. The Morgan fingerprint density at radius 1 is 0.933 bits per heavy atom. The summed E-state index contributed by atoms with van der Waals surface area (Å²) < 4.78 is 1.84. The van der Waals surface area contributed by atoms with Crippen LogP contribution in [0.1, 0.15) is 43.6 Å². The van der Waals surface area contributed by atoms with Gasteiger partial charge < -0.3 is 19.7 Å². The quantitative estimate of drug-likeness (QED) is 0.698. The van der Waals surface area contributed by atoms with Gasteiger partial charge in [-0.05, 0) is 49.7 Å².